The first-order valence-corrected chi connectivity index (χ1v) is 10.4. The van der Waals surface area contributed by atoms with Gasteiger partial charge in [0.25, 0.3) is 0 Å². The predicted octanol–water partition coefficient (Wildman–Crippen LogP) is 5.84. The molecule has 4 nitrogen and oxygen atoms in total. The van der Waals surface area contributed by atoms with Gasteiger partial charge >= 0.3 is 0 Å². The second-order valence-electron chi connectivity index (χ2n) is 7.35. The van der Waals surface area contributed by atoms with Crippen LogP contribution in [0, 0.1) is 20.8 Å². The van der Waals surface area contributed by atoms with Crippen LogP contribution in [0.3, 0.4) is 0 Å². The van der Waals surface area contributed by atoms with E-state index in [4.69, 9.17) is 4.98 Å². The van der Waals surface area contributed by atoms with E-state index in [-0.39, 0.29) is 12.5 Å². The highest BCUT2D eigenvalue weighted by Gasteiger charge is 2.13. The smallest absolute Gasteiger partial charge is 0.244 e. The lowest BCUT2D eigenvalue weighted by Gasteiger charge is -2.10. The number of aromatic nitrogens is 2. The van der Waals surface area contributed by atoms with Crippen molar-refractivity contribution in [3.05, 3.63) is 82.9 Å². The molecule has 1 N–H and O–H groups in total. The molecule has 0 unspecified atom stereocenters. The minimum atomic E-state index is -0.0530. The van der Waals surface area contributed by atoms with Gasteiger partial charge in [0.1, 0.15) is 11.6 Å². The predicted molar refractivity (Wildman–Crippen MR) is 120 cm³/mol. The number of carbonyl (C=O) groups is 1. The van der Waals surface area contributed by atoms with E-state index in [1.54, 1.807) is 11.3 Å². The first-order valence-electron chi connectivity index (χ1n) is 9.54. The van der Waals surface area contributed by atoms with Crippen LogP contribution in [0.4, 0.5) is 5.69 Å². The molecule has 2 aromatic heterocycles. The Kier molecular flexibility index (Phi) is 5.32. The van der Waals surface area contributed by atoms with Gasteiger partial charge in [-0.15, -0.1) is 11.3 Å². The highest BCUT2D eigenvalue weighted by atomic mass is 32.1. The molecule has 5 heteroatoms. The van der Waals surface area contributed by atoms with Crippen molar-refractivity contribution in [1.29, 1.82) is 0 Å². The molecule has 0 atom stereocenters. The molecule has 4 rings (SSSR count). The Morgan fingerprint density at radius 2 is 1.72 bits per heavy atom. The summed E-state index contributed by atoms with van der Waals surface area (Å²) in [5.74, 6) is -0.0530. The van der Waals surface area contributed by atoms with Gasteiger partial charge in [-0.05, 0) is 56.2 Å². The third-order valence-corrected chi connectivity index (χ3v) is 5.58. The molecule has 2 aromatic carbocycles. The van der Waals surface area contributed by atoms with Crippen molar-refractivity contribution >= 4 is 22.9 Å². The van der Waals surface area contributed by atoms with E-state index in [0.29, 0.717) is 0 Å². The Hall–Kier alpha value is -3.18. The van der Waals surface area contributed by atoms with Crippen LogP contribution in [-0.2, 0) is 11.3 Å². The number of hydrogen-bond acceptors (Lipinski definition) is 3. The van der Waals surface area contributed by atoms with Crippen LogP contribution in [0.15, 0.2) is 66.2 Å². The fourth-order valence-corrected chi connectivity index (χ4v) is 4.27. The Labute approximate surface area is 174 Å². The van der Waals surface area contributed by atoms with Gasteiger partial charge in [-0.25, -0.2) is 4.98 Å². The van der Waals surface area contributed by atoms with E-state index in [0.717, 1.165) is 38.8 Å². The molecule has 0 aliphatic rings. The second-order valence-corrected chi connectivity index (χ2v) is 8.21. The van der Waals surface area contributed by atoms with Gasteiger partial charge in [-0.2, -0.15) is 0 Å². The molecule has 0 radical (unpaired) electrons. The first-order chi connectivity index (χ1) is 14.0. The average molecular weight is 402 g/mol. The number of amides is 1. The van der Waals surface area contributed by atoms with E-state index in [2.05, 4.69) is 48.0 Å². The topological polar surface area (TPSA) is 46.9 Å². The highest BCUT2D eigenvalue weighted by Crippen LogP contribution is 2.29. The Bertz CT molecular complexity index is 1130. The van der Waals surface area contributed by atoms with Crippen LogP contribution in [0.2, 0.25) is 0 Å². The summed E-state index contributed by atoms with van der Waals surface area (Å²) in [6.07, 6.45) is 1.92. The molecule has 2 heterocycles. The van der Waals surface area contributed by atoms with E-state index in [9.17, 15) is 4.79 Å². The molecular formula is C24H23N3OS. The molecule has 0 bridgehead atoms. The van der Waals surface area contributed by atoms with Crippen LogP contribution in [-0.4, -0.2) is 15.5 Å². The lowest BCUT2D eigenvalue weighted by atomic mass is 10.1. The van der Waals surface area contributed by atoms with Gasteiger partial charge in [0.2, 0.25) is 5.91 Å². The Balaban J connectivity index is 1.51. The monoisotopic (exact) mass is 401 g/mol. The summed E-state index contributed by atoms with van der Waals surface area (Å²) >= 11 is 1.59. The highest BCUT2D eigenvalue weighted by molar-refractivity contribution is 7.13. The van der Waals surface area contributed by atoms with Crippen molar-refractivity contribution in [2.75, 3.05) is 5.32 Å². The summed E-state index contributed by atoms with van der Waals surface area (Å²) in [5, 5.41) is 5.97. The zero-order valence-corrected chi connectivity index (χ0v) is 17.6. The van der Waals surface area contributed by atoms with Crippen LogP contribution in [0.5, 0.6) is 0 Å². The van der Waals surface area contributed by atoms with Crippen molar-refractivity contribution in [1.82, 2.24) is 9.55 Å². The normalized spacial score (nSPS) is 10.9. The van der Waals surface area contributed by atoms with E-state index in [1.165, 1.54) is 5.56 Å². The first kappa shape index (κ1) is 19.2. The number of nitrogens with zero attached hydrogens (tertiary/aromatic N) is 2. The molecule has 0 fully saturated rings. The Morgan fingerprint density at radius 3 is 2.45 bits per heavy atom. The fraction of sp³-hybridized carbons (Fsp3) is 0.167. The molecule has 0 aliphatic heterocycles. The maximum Gasteiger partial charge on any atom is 0.244 e. The van der Waals surface area contributed by atoms with Crippen LogP contribution < -0.4 is 5.32 Å². The van der Waals surface area contributed by atoms with Crippen molar-refractivity contribution in [3.8, 4) is 22.0 Å². The van der Waals surface area contributed by atoms with Crippen molar-refractivity contribution in [2.24, 2.45) is 0 Å². The van der Waals surface area contributed by atoms with Gasteiger partial charge in [-0.3, -0.25) is 4.79 Å². The summed E-state index contributed by atoms with van der Waals surface area (Å²) in [5.41, 5.74) is 7.33. The average Bonchev–Trinajstić information content (AvgIpc) is 3.30. The number of carbonyl (C=O) groups excluding carboxylic acids is 1. The molecule has 0 saturated carbocycles. The van der Waals surface area contributed by atoms with Crippen molar-refractivity contribution < 1.29 is 4.79 Å². The molecular weight excluding hydrogens is 378 g/mol. The molecule has 1 amide bonds. The summed E-state index contributed by atoms with van der Waals surface area (Å²) < 4.78 is 1.94. The van der Waals surface area contributed by atoms with Crippen LogP contribution in [0.1, 0.15) is 16.7 Å². The number of aryl methyl sites for hydroxylation is 3. The standard InChI is InChI=1S/C24H23N3OS/c1-16-6-8-19(9-7-16)21-15-29-24(26-21)22-5-4-10-27(22)14-23(28)25-20-12-17(2)11-18(3)13-20/h4-13,15H,14H2,1-3H3,(H,25,28). The van der Waals surface area contributed by atoms with Gasteiger partial charge in [-0.1, -0.05) is 35.9 Å². The zero-order valence-electron chi connectivity index (χ0n) is 16.8. The maximum absolute atomic E-state index is 12.6. The lowest BCUT2D eigenvalue weighted by Crippen LogP contribution is -2.18. The van der Waals surface area contributed by atoms with Gasteiger partial charge in [0.15, 0.2) is 0 Å². The SMILES string of the molecule is Cc1ccc(-c2csc(-c3cccn3CC(=O)Nc3cc(C)cc(C)c3)n2)cc1. The molecule has 0 spiro atoms. The fourth-order valence-electron chi connectivity index (χ4n) is 3.40. The number of thiazole rings is 1. The van der Waals surface area contributed by atoms with Gasteiger partial charge in [0.05, 0.1) is 11.4 Å². The minimum Gasteiger partial charge on any atom is -0.336 e. The zero-order chi connectivity index (χ0) is 20.4. The number of rotatable bonds is 5. The minimum absolute atomic E-state index is 0.0530. The van der Waals surface area contributed by atoms with Crippen molar-refractivity contribution in [2.45, 2.75) is 27.3 Å². The maximum atomic E-state index is 12.6. The molecule has 146 valence electrons. The molecule has 29 heavy (non-hydrogen) atoms. The van der Waals surface area contributed by atoms with Crippen molar-refractivity contribution in [3.63, 3.8) is 0 Å². The Morgan fingerprint density at radius 1 is 1.00 bits per heavy atom. The second kappa shape index (κ2) is 8.05. The molecule has 0 saturated heterocycles. The van der Waals surface area contributed by atoms with E-state index < -0.39 is 0 Å². The quantitative estimate of drug-likeness (QED) is 0.456. The summed E-state index contributed by atoms with van der Waals surface area (Å²) in [4.78, 5) is 17.4. The summed E-state index contributed by atoms with van der Waals surface area (Å²) in [6, 6.07) is 18.4. The largest absolute Gasteiger partial charge is 0.336 e. The molecule has 4 aromatic rings. The van der Waals surface area contributed by atoms with Gasteiger partial charge < -0.3 is 9.88 Å². The van der Waals surface area contributed by atoms with E-state index >= 15 is 0 Å². The van der Waals surface area contributed by atoms with Gasteiger partial charge in [0, 0.05) is 22.8 Å². The summed E-state index contributed by atoms with van der Waals surface area (Å²) in [6.45, 7) is 6.38. The number of benzene rings is 2. The van der Waals surface area contributed by atoms with E-state index in [1.807, 2.05) is 48.9 Å². The number of hydrogen-bond donors (Lipinski definition) is 1. The lowest BCUT2D eigenvalue weighted by molar-refractivity contribution is -0.116. The van der Waals surface area contributed by atoms with Crippen LogP contribution >= 0.6 is 11.3 Å². The number of nitrogens with one attached hydrogen (secondary N) is 1. The van der Waals surface area contributed by atoms with Crippen LogP contribution in [0.25, 0.3) is 22.0 Å². The third-order valence-electron chi connectivity index (χ3n) is 4.72. The molecule has 0 aliphatic carbocycles. The summed E-state index contributed by atoms with van der Waals surface area (Å²) in [7, 11) is 0. The third kappa shape index (κ3) is 4.46. The number of anilines is 1.